The molecule has 0 aliphatic heterocycles. The first kappa shape index (κ1) is 26.4. The van der Waals surface area contributed by atoms with Crippen molar-refractivity contribution >= 4 is 25.8 Å². The zero-order valence-corrected chi connectivity index (χ0v) is 21.2. The summed E-state index contributed by atoms with van der Waals surface area (Å²) in [5.74, 6) is -1.85. The minimum absolute atomic E-state index is 0.0945. The molecule has 1 aliphatic rings. The number of hydrogen-bond acceptors (Lipinski definition) is 6. The molecule has 0 unspecified atom stereocenters. The summed E-state index contributed by atoms with van der Waals surface area (Å²) in [7, 11) is -11.5. The number of hydrogen-bond donors (Lipinski definition) is 0. The van der Waals surface area contributed by atoms with Gasteiger partial charge in [-0.1, -0.05) is 30.4 Å². The van der Waals surface area contributed by atoms with Gasteiger partial charge in [0.1, 0.15) is 5.25 Å². The van der Waals surface area contributed by atoms with Crippen molar-refractivity contribution in [1.82, 2.24) is 0 Å². The number of halogens is 2. The van der Waals surface area contributed by atoms with Gasteiger partial charge >= 0.3 is 13.3 Å². The second-order valence-electron chi connectivity index (χ2n) is 8.21. The summed E-state index contributed by atoms with van der Waals surface area (Å²) in [4.78, 5) is -0.0945. The summed E-state index contributed by atoms with van der Waals surface area (Å²) in [5, 5.41) is -1.66. The number of rotatable bonds is 10. The predicted molar refractivity (Wildman–Crippen MR) is 119 cm³/mol. The van der Waals surface area contributed by atoms with E-state index in [9.17, 15) is 13.0 Å². The lowest BCUT2D eigenvalue weighted by Gasteiger charge is -2.41. The van der Waals surface area contributed by atoms with Gasteiger partial charge in [0, 0.05) is 0 Å². The zero-order chi connectivity index (χ0) is 23.5. The van der Waals surface area contributed by atoms with Crippen LogP contribution < -0.4 is 0 Å². The fraction of sp³-hybridized carbons (Fsp3) is 0.600. The van der Waals surface area contributed by atoms with E-state index >= 15 is 8.78 Å². The maximum atomic E-state index is 15.8. The van der Waals surface area contributed by atoms with Crippen LogP contribution in [0.3, 0.4) is 0 Å². The number of benzene rings is 1. The van der Waals surface area contributed by atoms with Crippen LogP contribution in [0, 0.1) is 5.92 Å². The van der Waals surface area contributed by atoms with E-state index in [0.717, 1.165) is 0 Å². The van der Waals surface area contributed by atoms with Gasteiger partial charge < -0.3 is 13.5 Å². The van der Waals surface area contributed by atoms with Gasteiger partial charge in [0.25, 0.3) is 0 Å². The smallest absolute Gasteiger partial charge is 0.399 e. The lowest BCUT2D eigenvalue weighted by molar-refractivity contribution is -0.0242. The molecule has 0 heterocycles. The van der Waals surface area contributed by atoms with Crippen LogP contribution in [0.2, 0.25) is 19.6 Å². The Morgan fingerprint density at radius 1 is 1.10 bits per heavy atom. The molecule has 1 aromatic carbocycles. The summed E-state index contributed by atoms with van der Waals surface area (Å²) >= 11 is 0. The molecule has 176 valence electrons. The summed E-state index contributed by atoms with van der Waals surface area (Å²) < 4.78 is 87.7. The Morgan fingerprint density at radius 2 is 1.65 bits per heavy atom. The normalized spacial score (nSPS) is 23.1. The van der Waals surface area contributed by atoms with Gasteiger partial charge in [-0.15, -0.1) is 0 Å². The van der Waals surface area contributed by atoms with Crippen molar-refractivity contribution in [2.75, 3.05) is 13.2 Å². The minimum Gasteiger partial charge on any atom is -0.410 e. The van der Waals surface area contributed by atoms with Crippen molar-refractivity contribution in [3.8, 4) is 0 Å². The molecule has 0 bridgehead atoms. The first-order valence-corrected chi connectivity index (χ1v) is 16.7. The third-order valence-electron chi connectivity index (χ3n) is 4.77. The molecular formula is C20H31F2O6PSSi. The Hall–Kier alpha value is -0.903. The topological polar surface area (TPSA) is 78.9 Å². The molecule has 0 saturated carbocycles. The van der Waals surface area contributed by atoms with E-state index in [0.29, 0.717) is 0 Å². The van der Waals surface area contributed by atoms with Crippen LogP contribution in [0.5, 0.6) is 0 Å². The van der Waals surface area contributed by atoms with Crippen molar-refractivity contribution in [2.24, 2.45) is 5.92 Å². The summed E-state index contributed by atoms with van der Waals surface area (Å²) in [6.07, 6.45) is 1.56. The highest BCUT2D eigenvalue weighted by Crippen LogP contribution is 2.67. The van der Waals surface area contributed by atoms with E-state index in [1.165, 1.54) is 50.3 Å². The molecule has 0 saturated heterocycles. The Bertz CT molecular complexity index is 907. The van der Waals surface area contributed by atoms with Gasteiger partial charge in [-0.3, -0.25) is 4.57 Å². The van der Waals surface area contributed by atoms with Crippen LogP contribution in [0.4, 0.5) is 8.78 Å². The van der Waals surface area contributed by atoms with Crippen LogP contribution in [-0.2, 0) is 27.9 Å². The molecule has 6 nitrogen and oxygen atoms in total. The van der Waals surface area contributed by atoms with Gasteiger partial charge in [-0.25, -0.2) is 8.42 Å². The average Bonchev–Trinajstić information content (AvgIpc) is 2.67. The van der Waals surface area contributed by atoms with Crippen molar-refractivity contribution < 1.29 is 35.2 Å². The van der Waals surface area contributed by atoms with Crippen molar-refractivity contribution in [2.45, 2.75) is 61.8 Å². The molecule has 0 N–H and O–H groups in total. The van der Waals surface area contributed by atoms with E-state index in [1.807, 2.05) is 19.6 Å². The van der Waals surface area contributed by atoms with E-state index < -0.39 is 48.7 Å². The van der Waals surface area contributed by atoms with E-state index in [2.05, 4.69) is 0 Å². The van der Waals surface area contributed by atoms with E-state index in [1.54, 1.807) is 6.07 Å². The zero-order valence-electron chi connectivity index (χ0n) is 18.5. The summed E-state index contributed by atoms with van der Waals surface area (Å²) in [5.41, 5.74) is -4.04. The predicted octanol–water partition coefficient (Wildman–Crippen LogP) is 5.48. The van der Waals surface area contributed by atoms with Crippen LogP contribution in [-0.4, -0.2) is 47.0 Å². The Kier molecular flexibility index (Phi) is 8.44. The maximum Gasteiger partial charge on any atom is 0.399 e. The Morgan fingerprint density at radius 3 is 2.13 bits per heavy atom. The molecule has 0 radical (unpaired) electrons. The third-order valence-corrected chi connectivity index (χ3v) is 10.2. The van der Waals surface area contributed by atoms with Crippen molar-refractivity contribution in [3.05, 3.63) is 42.5 Å². The summed E-state index contributed by atoms with van der Waals surface area (Å²) in [6, 6.07) is 7.41. The van der Waals surface area contributed by atoms with Gasteiger partial charge in [-0.05, 0) is 52.0 Å². The quantitative estimate of drug-likeness (QED) is 0.242. The molecule has 0 fully saturated rings. The SMILES string of the molecule is CCOP(=O)(OCC)C(F)(F)[C@H]1CC=C[C@@H](O[Si](C)(C)C)[C@@H]1S(=O)(=O)c1ccccc1. The highest BCUT2D eigenvalue weighted by molar-refractivity contribution is 7.92. The second kappa shape index (κ2) is 9.93. The average molecular weight is 497 g/mol. The van der Waals surface area contributed by atoms with Gasteiger partial charge in [-0.2, -0.15) is 8.78 Å². The molecule has 0 amide bonds. The number of alkyl halides is 2. The van der Waals surface area contributed by atoms with Crippen LogP contribution in [0.1, 0.15) is 20.3 Å². The van der Waals surface area contributed by atoms with Crippen LogP contribution in [0.15, 0.2) is 47.4 Å². The molecule has 1 aliphatic carbocycles. The Balaban J connectivity index is 2.66. The number of sulfone groups is 1. The fourth-order valence-electron chi connectivity index (χ4n) is 3.60. The molecule has 3 atom stereocenters. The van der Waals surface area contributed by atoms with Gasteiger partial charge in [0.15, 0.2) is 18.2 Å². The molecular weight excluding hydrogens is 465 g/mol. The molecule has 0 aromatic heterocycles. The third kappa shape index (κ3) is 5.72. The fourth-order valence-corrected chi connectivity index (χ4v) is 8.68. The second-order valence-corrected chi connectivity index (χ2v) is 16.9. The van der Waals surface area contributed by atoms with Crippen LogP contribution >= 0.6 is 7.60 Å². The van der Waals surface area contributed by atoms with Crippen LogP contribution in [0.25, 0.3) is 0 Å². The van der Waals surface area contributed by atoms with Crippen molar-refractivity contribution in [1.29, 1.82) is 0 Å². The first-order chi connectivity index (χ1) is 14.3. The number of allylic oxidation sites excluding steroid dienone is 1. The monoisotopic (exact) mass is 496 g/mol. The standard InChI is InChI=1S/C20H31F2O6PSSi/c1-6-26-29(23,27-7-2)20(21,22)17-14-11-15-18(28-31(3,4)5)19(17)30(24,25)16-12-9-8-10-13-16/h8-13,15,17-19H,6-7,14H2,1-5H3/t17-,18+,19+/m0/s1. The lowest BCUT2D eigenvalue weighted by atomic mass is 9.92. The molecule has 31 heavy (non-hydrogen) atoms. The van der Waals surface area contributed by atoms with Gasteiger partial charge in [0.2, 0.25) is 0 Å². The highest BCUT2D eigenvalue weighted by Gasteiger charge is 2.64. The molecule has 2 rings (SSSR count). The van der Waals surface area contributed by atoms with Crippen molar-refractivity contribution in [3.63, 3.8) is 0 Å². The molecule has 11 heteroatoms. The van der Waals surface area contributed by atoms with E-state index in [-0.39, 0.29) is 24.5 Å². The highest BCUT2D eigenvalue weighted by atomic mass is 32.2. The molecule has 0 spiro atoms. The summed E-state index contributed by atoms with van der Waals surface area (Å²) in [6.45, 7) is 7.87. The van der Waals surface area contributed by atoms with E-state index in [4.69, 9.17) is 13.5 Å². The van der Waals surface area contributed by atoms with Gasteiger partial charge in [0.05, 0.1) is 30.1 Å². The largest absolute Gasteiger partial charge is 0.410 e. The Labute approximate surface area is 184 Å². The first-order valence-electron chi connectivity index (χ1n) is 10.2. The minimum atomic E-state index is -4.94. The molecule has 1 aromatic rings. The lowest BCUT2D eigenvalue weighted by Crippen LogP contribution is -2.52. The maximum absolute atomic E-state index is 15.8.